The van der Waals surface area contributed by atoms with E-state index >= 15 is 0 Å². The van der Waals surface area contributed by atoms with Crippen molar-refractivity contribution in [1.82, 2.24) is 20.3 Å². The smallest absolute Gasteiger partial charge is 0.325 e. The number of nitrogens with zero attached hydrogens (tertiary/aromatic N) is 1. The second-order valence-corrected chi connectivity index (χ2v) is 6.54. The number of benzene rings is 1. The number of aryl methyl sites for hydroxylation is 1. The number of pyridine rings is 1. The molecule has 1 aromatic carbocycles. The van der Waals surface area contributed by atoms with E-state index in [4.69, 9.17) is 4.74 Å². The van der Waals surface area contributed by atoms with Gasteiger partial charge in [0, 0.05) is 30.4 Å². The lowest BCUT2D eigenvalue weighted by atomic mass is 10.1. The van der Waals surface area contributed by atoms with E-state index in [9.17, 15) is 14.4 Å². The summed E-state index contributed by atoms with van der Waals surface area (Å²) in [6.07, 6.45) is 2.13. The van der Waals surface area contributed by atoms with Crippen LogP contribution in [-0.2, 0) is 24.4 Å². The predicted molar refractivity (Wildman–Crippen MR) is 108 cm³/mol. The average molecular weight is 394 g/mol. The minimum Gasteiger partial charge on any atom is -0.487 e. The lowest BCUT2D eigenvalue weighted by molar-refractivity contribution is -0.121. The summed E-state index contributed by atoms with van der Waals surface area (Å²) in [4.78, 5) is 44.0. The van der Waals surface area contributed by atoms with Gasteiger partial charge in [0.1, 0.15) is 12.4 Å². The fraction of sp³-hybridized carbons (Fsp3) is 0.238. The van der Waals surface area contributed by atoms with Crippen molar-refractivity contribution in [3.8, 4) is 5.75 Å². The molecule has 0 aliphatic rings. The molecule has 0 saturated heterocycles. The Kier molecular flexibility index (Phi) is 6.57. The van der Waals surface area contributed by atoms with Crippen LogP contribution in [0.15, 0.2) is 58.3 Å². The second-order valence-electron chi connectivity index (χ2n) is 6.54. The molecule has 0 fully saturated rings. The fourth-order valence-corrected chi connectivity index (χ4v) is 2.80. The summed E-state index contributed by atoms with van der Waals surface area (Å²) in [6, 6.07) is 13.1. The minimum absolute atomic E-state index is 0.154. The Morgan fingerprint density at radius 3 is 2.59 bits per heavy atom. The molecule has 150 valence electrons. The molecule has 0 unspecified atom stereocenters. The van der Waals surface area contributed by atoms with E-state index in [0.29, 0.717) is 24.4 Å². The lowest BCUT2D eigenvalue weighted by Gasteiger charge is -2.08. The first-order valence-electron chi connectivity index (χ1n) is 9.21. The average Bonchev–Trinajstić information content (AvgIpc) is 2.71. The molecule has 8 nitrogen and oxygen atoms in total. The Hall–Kier alpha value is -3.68. The summed E-state index contributed by atoms with van der Waals surface area (Å²) >= 11 is 0. The zero-order valence-corrected chi connectivity index (χ0v) is 16.0. The molecule has 29 heavy (non-hydrogen) atoms. The maximum absolute atomic E-state index is 12.1. The van der Waals surface area contributed by atoms with Crippen LogP contribution in [0.3, 0.4) is 0 Å². The lowest BCUT2D eigenvalue weighted by Crippen LogP contribution is -2.29. The van der Waals surface area contributed by atoms with Gasteiger partial charge in [-0.2, -0.15) is 0 Å². The molecule has 2 heterocycles. The highest BCUT2D eigenvalue weighted by Gasteiger charge is 2.09. The van der Waals surface area contributed by atoms with Gasteiger partial charge in [0.25, 0.3) is 5.56 Å². The molecular formula is C21H22N4O4. The van der Waals surface area contributed by atoms with Gasteiger partial charge in [-0.1, -0.05) is 18.2 Å². The SMILES string of the molecule is Cc1[nH]c(=O)[nH]c(=O)c1CCC(=O)NCc1ccc(OCc2ccccn2)cc1. The van der Waals surface area contributed by atoms with Crippen molar-refractivity contribution in [2.75, 3.05) is 0 Å². The number of carbonyl (C=O) groups is 1. The number of hydrogen-bond acceptors (Lipinski definition) is 5. The van der Waals surface area contributed by atoms with Crippen molar-refractivity contribution in [2.24, 2.45) is 0 Å². The molecule has 0 aliphatic carbocycles. The molecule has 3 aromatic rings. The van der Waals surface area contributed by atoms with Crippen LogP contribution in [0.1, 0.15) is 28.9 Å². The summed E-state index contributed by atoms with van der Waals surface area (Å²) in [7, 11) is 0. The van der Waals surface area contributed by atoms with Crippen molar-refractivity contribution in [3.63, 3.8) is 0 Å². The summed E-state index contributed by atoms with van der Waals surface area (Å²) in [5.74, 6) is 0.545. The molecule has 0 aliphatic heterocycles. The topological polar surface area (TPSA) is 117 Å². The number of carbonyl (C=O) groups excluding carboxylic acids is 1. The Balaban J connectivity index is 1.45. The maximum Gasteiger partial charge on any atom is 0.325 e. The molecule has 3 N–H and O–H groups in total. The zero-order chi connectivity index (χ0) is 20.6. The largest absolute Gasteiger partial charge is 0.487 e. The number of nitrogens with one attached hydrogen (secondary N) is 3. The zero-order valence-electron chi connectivity index (χ0n) is 16.0. The van der Waals surface area contributed by atoms with Gasteiger partial charge in [0.15, 0.2) is 0 Å². The summed E-state index contributed by atoms with van der Waals surface area (Å²) in [6.45, 7) is 2.40. The number of amides is 1. The van der Waals surface area contributed by atoms with Crippen LogP contribution < -0.4 is 21.3 Å². The van der Waals surface area contributed by atoms with Crippen molar-refractivity contribution in [2.45, 2.75) is 32.9 Å². The van der Waals surface area contributed by atoms with Crippen LogP contribution in [-0.4, -0.2) is 20.9 Å². The molecular weight excluding hydrogens is 372 g/mol. The van der Waals surface area contributed by atoms with E-state index in [1.807, 2.05) is 42.5 Å². The first kappa shape index (κ1) is 20.1. The van der Waals surface area contributed by atoms with Crippen LogP contribution in [0, 0.1) is 6.92 Å². The highest BCUT2D eigenvalue weighted by molar-refractivity contribution is 5.76. The van der Waals surface area contributed by atoms with Gasteiger partial charge in [-0.15, -0.1) is 0 Å². The van der Waals surface area contributed by atoms with Gasteiger partial charge < -0.3 is 15.0 Å². The van der Waals surface area contributed by atoms with Crippen LogP contribution in [0.25, 0.3) is 0 Å². The van der Waals surface area contributed by atoms with E-state index in [2.05, 4.69) is 20.3 Å². The molecule has 8 heteroatoms. The minimum atomic E-state index is -0.548. The Morgan fingerprint density at radius 2 is 1.90 bits per heavy atom. The number of hydrogen-bond donors (Lipinski definition) is 3. The molecule has 0 bridgehead atoms. The third kappa shape index (κ3) is 5.90. The Labute approximate surface area is 167 Å². The van der Waals surface area contributed by atoms with Gasteiger partial charge in [0.2, 0.25) is 5.91 Å². The van der Waals surface area contributed by atoms with Crippen molar-refractivity contribution < 1.29 is 9.53 Å². The first-order valence-corrected chi connectivity index (χ1v) is 9.21. The monoisotopic (exact) mass is 394 g/mol. The molecule has 0 radical (unpaired) electrons. The van der Waals surface area contributed by atoms with E-state index in [1.165, 1.54) is 0 Å². The van der Waals surface area contributed by atoms with Crippen LogP contribution in [0.4, 0.5) is 0 Å². The van der Waals surface area contributed by atoms with Gasteiger partial charge >= 0.3 is 5.69 Å². The Morgan fingerprint density at radius 1 is 1.10 bits per heavy atom. The standard InChI is InChI=1S/C21H22N4O4/c1-14-18(20(27)25-21(28)24-14)9-10-19(26)23-12-15-5-7-17(8-6-15)29-13-16-4-2-3-11-22-16/h2-8,11H,9-10,12-13H2,1H3,(H,23,26)(H2,24,25,27,28). The second kappa shape index (κ2) is 9.50. The van der Waals surface area contributed by atoms with E-state index in [-0.39, 0.29) is 18.7 Å². The fourth-order valence-electron chi connectivity index (χ4n) is 2.80. The van der Waals surface area contributed by atoms with Gasteiger partial charge in [-0.25, -0.2) is 4.79 Å². The third-order valence-electron chi connectivity index (χ3n) is 4.38. The highest BCUT2D eigenvalue weighted by Crippen LogP contribution is 2.13. The molecule has 0 atom stereocenters. The summed E-state index contributed by atoms with van der Waals surface area (Å²) in [5, 5.41) is 2.82. The van der Waals surface area contributed by atoms with Crippen LogP contribution in [0.5, 0.6) is 5.75 Å². The molecule has 0 spiro atoms. The quantitative estimate of drug-likeness (QED) is 0.536. The molecule has 2 aromatic heterocycles. The van der Waals surface area contributed by atoms with E-state index in [0.717, 1.165) is 17.0 Å². The molecule has 0 saturated carbocycles. The first-order chi connectivity index (χ1) is 14.0. The van der Waals surface area contributed by atoms with Crippen molar-refractivity contribution >= 4 is 5.91 Å². The maximum atomic E-state index is 12.1. The predicted octanol–water partition coefficient (Wildman–Crippen LogP) is 1.59. The normalized spacial score (nSPS) is 10.5. The molecule has 1 amide bonds. The molecule has 3 rings (SSSR count). The van der Waals surface area contributed by atoms with Crippen LogP contribution in [0.2, 0.25) is 0 Å². The van der Waals surface area contributed by atoms with Gasteiger partial charge in [0.05, 0.1) is 5.69 Å². The number of ether oxygens (including phenoxy) is 1. The number of rotatable bonds is 8. The number of aromatic amines is 2. The highest BCUT2D eigenvalue weighted by atomic mass is 16.5. The Bertz CT molecular complexity index is 1070. The van der Waals surface area contributed by atoms with E-state index < -0.39 is 11.2 Å². The van der Waals surface area contributed by atoms with Gasteiger partial charge in [-0.05, 0) is 43.2 Å². The van der Waals surface area contributed by atoms with Crippen molar-refractivity contribution in [3.05, 3.63) is 92.0 Å². The summed E-state index contributed by atoms with van der Waals surface area (Å²) in [5.41, 5.74) is 1.66. The van der Waals surface area contributed by atoms with Crippen LogP contribution >= 0.6 is 0 Å². The summed E-state index contributed by atoms with van der Waals surface area (Å²) < 4.78 is 5.68. The number of H-pyrrole nitrogens is 2. The van der Waals surface area contributed by atoms with Crippen molar-refractivity contribution in [1.29, 1.82) is 0 Å². The van der Waals surface area contributed by atoms with Gasteiger partial charge in [-0.3, -0.25) is 19.6 Å². The van der Waals surface area contributed by atoms with E-state index in [1.54, 1.807) is 13.1 Å². The number of aromatic nitrogens is 3. The third-order valence-corrected chi connectivity index (χ3v) is 4.38.